The van der Waals surface area contributed by atoms with Gasteiger partial charge in [0.05, 0.1) is 6.20 Å². The number of aromatic nitrogens is 2. The van der Waals surface area contributed by atoms with Crippen molar-refractivity contribution in [1.82, 2.24) is 14.7 Å². The van der Waals surface area contributed by atoms with E-state index in [1.807, 2.05) is 6.92 Å². The van der Waals surface area contributed by atoms with Crippen LogP contribution in [0.5, 0.6) is 0 Å². The molecule has 0 radical (unpaired) electrons. The molecule has 0 saturated heterocycles. The van der Waals surface area contributed by atoms with Gasteiger partial charge in [-0.2, -0.15) is 0 Å². The molecule has 1 atom stereocenters. The van der Waals surface area contributed by atoms with Crippen molar-refractivity contribution in [2.45, 2.75) is 38.6 Å². The Morgan fingerprint density at radius 3 is 2.71 bits per heavy atom. The fourth-order valence-electron chi connectivity index (χ4n) is 1.87. The summed E-state index contributed by atoms with van der Waals surface area (Å²) in [4.78, 5) is 6.80. The Labute approximate surface area is 102 Å². The van der Waals surface area contributed by atoms with Gasteiger partial charge in [0.15, 0.2) is 5.03 Å². The average molecular weight is 257 g/mol. The molecular formula is C11H19N3O2S. The molecule has 1 unspecified atom stereocenters. The first-order valence-corrected chi connectivity index (χ1v) is 7.37. The number of nitrogens with zero attached hydrogens (tertiary/aromatic N) is 1. The Hall–Kier alpha value is -0.880. The van der Waals surface area contributed by atoms with Gasteiger partial charge in [-0.05, 0) is 17.8 Å². The molecule has 1 aromatic heterocycles. The van der Waals surface area contributed by atoms with Crippen LogP contribution in [-0.4, -0.2) is 24.9 Å². The Bertz CT molecular complexity index is 505. The normalized spacial score (nSPS) is 22.6. The highest BCUT2D eigenvalue weighted by molar-refractivity contribution is 7.89. The zero-order valence-corrected chi connectivity index (χ0v) is 11.3. The molecule has 1 saturated carbocycles. The zero-order chi connectivity index (χ0) is 12.7. The summed E-state index contributed by atoms with van der Waals surface area (Å²) in [6.07, 6.45) is 3.16. The Morgan fingerprint density at radius 1 is 1.59 bits per heavy atom. The summed E-state index contributed by atoms with van der Waals surface area (Å²) in [5, 5.41) is 0.160. The van der Waals surface area contributed by atoms with Crippen molar-refractivity contribution in [3.8, 4) is 0 Å². The number of nitrogens with one attached hydrogen (secondary N) is 2. The van der Waals surface area contributed by atoms with Crippen LogP contribution >= 0.6 is 0 Å². The summed E-state index contributed by atoms with van der Waals surface area (Å²) in [6.45, 7) is 6.74. The summed E-state index contributed by atoms with van der Waals surface area (Å²) in [5.74, 6) is 1.14. The lowest BCUT2D eigenvalue weighted by atomic mass is 10.1. The van der Waals surface area contributed by atoms with E-state index in [2.05, 4.69) is 28.5 Å². The summed E-state index contributed by atoms with van der Waals surface area (Å²) < 4.78 is 26.5. The largest absolute Gasteiger partial charge is 0.332 e. The Morgan fingerprint density at radius 2 is 2.24 bits per heavy atom. The lowest BCUT2D eigenvalue weighted by molar-refractivity contribution is 0.536. The van der Waals surface area contributed by atoms with E-state index in [4.69, 9.17) is 0 Å². The van der Waals surface area contributed by atoms with Gasteiger partial charge >= 0.3 is 0 Å². The van der Waals surface area contributed by atoms with Crippen LogP contribution in [0.2, 0.25) is 0 Å². The van der Waals surface area contributed by atoms with Gasteiger partial charge in [0.2, 0.25) is 0 Å². The number of aromatic amines is 1. The summed E-state index contributed by atoms with van der Waals surface area (Å²) >= 11 is 0. The highest BCUT2D eigenvalue weighted by Gasteiger charge is 2.45. The van der Waals surface area contributed by atoms with Gasteiger partial charge in [0.25, 0.3) is 10.0 Å². The van der Waals surface area contributed by atoms with Crippen LogP contribution < -0.4 is 4.72 Å². The predicted molar refractivity (Wildman–Crippen MR) is 65.0 cm³/mol. The van der Waals surface area contributed by atoms with E-state index in [1.165, 1.54) is 6.20 Å². The lowest BCUT2D eigenvalue weighted by Crippen LogP contribution is -2.27. The molecule has 96 valence electrons. The molecule has 0 spiro atoms. The van der Waals surface area contributed by atoms with Crippen LogP contribution in [0.3, 0.4) is 0 Å². The van der Waals surface area contributed by atoms with E-state index in [0.717, 1.165) is 6.42 Å². The van der Waals surface area contributed by atoms with E-state index in [-0.39, 0.29) is 10.4 Å². The second-order valence-electron chi connectivity index (χ2n) is 5.29. The van der Waals surface area contributed by atoms with Crippen molar-refractivity contribution in [1.29, 1.82) is 0 Å². The molecule has 2 rings (SSSR count). The van der Waals surface area contributed by atoms with Crippen molar-refractivity contribution < 1.29 is 8.42 Å². The maximum absolute atomic E-state index is 11.9. The lowest BCUT2D eigenvalue weighted by Gasteiger charge is -2.05. The van der Waals surface area contributed by atoms with Crippen LogP contribution in [0.1, 0.15) is 33.0 Å². The minimum Gasteiger partial charge on any atom is -0.332 e. The molecule has 0 aromatic carbocycles. The second-order valence-corrected chi connectivity index (χ2v) is 7.02. The van der Waals surface area contributed by atoms with Crippen molar-refractivity contribution >= 4 is 10.0 Å². The van der Waals surface area contributed by atoms with Gasteiger partial charge in [-0.25, -0.2) is 18.1 Å². The Kier molecular flexibility index (Phi) is 3.03. The van der Waals surface area contributed by atoms with Gasteiger partial charge in [0.1, 0.15) is 5.82 Å². The molecule has 0 bridgehead atoms. The van der Waals surface area contributed by atoms with Crippen molar-refractivity contribution in [3.63, 3.8) is 0 Å². The molecule has 5 nitrogen and oxygen atoms in total. The first-order valence-electron chi connectivity index (χ1n) is 5.89. The third-order valence-electron chi connectivity index (χ3n) is 3.47. The van der Waals surface area contributed by atoms with Crippen LogP contribution in [0.4, 0.5) is 0 Å². The van der Waals surface area contributed by atoms with E-state index in [9.17, 15) is 8.42 Å². The first kappa shape index (κ1) is 12.6. The molecule has 1 aliphatic carbocycles. The molecule has 1 aromatic rings. The number of hydrogen-bond donors (Lipinski definition) is 2. The van der Waals surface area contributed by atoms with Crippen molar-refractivity contribution in [2.24, 2.45) is 11.3 Å². The Balaban J connectivity index is 1.99. The van der Waals surface area contributed by atoms with Gasteiger partial charge in [-0.3, -0.25) is 0 Å². The summed E-state index contributed by atoms with van der Waals surface area (Å²) in [6, 6.07) is 0. The number of imidazole rings is 1. The first-order chi connectivity index (χ1) is 7.85. The monoisotopic (exact) mass is 257 g/mol. The highest BCUT2D eigenvalue weighted by Crippen LogP contribution is 2.51. The van der Waals surface area contributed by atoms with Gasteiger partial charge in [0, 0.05) is 13.0 Å². The number of H-pyrrole nitrogens is 1. The van der Waals surface area contributed by atoms with Gasteiger partial charge < -0.3 is 4.98 Å². The molecule has 0 amide bonds. The van der Waals surface area contributed by atoms with E-state index in [0.29, 0.717) is 24.7 Å². The third-order valence-corrected chi connectivity index (χ3v) is 4.80. The van der Waals surface area contributed by atoms with Crippen LogP contribution in [-0.2, 0) is 16.4 Å². The topological polar surface area (TPSA) is 74.8 Å². The smallest absolute Gasteiger partial charge is 0.257 e. The van der Waals surface area contributed by atoms with Crippen LogP contribution in [0.15, 0.2) is 11.2 Å². The molecule has 1 heterocycles. The van der Waals surface area contributed by atoms with Crippen molar-refractivity contribution in [3.05, 3.63) is 12.0 Å². The third kappa shape index (κ3) is 2.69. The molecule has 6 heteroatoms. The molecule has 2 N–H and O–H groups in total. The standard InChI is InChI=1S/C11H19N3O2S/c1-4-9-12-7-10(14-9)17(15,16)13-6-8-5-11(8,2)3/h7-8,13H,4-6H2,1-3H3,(H,12,14). The fraction of sp³-hybridized carbons (Fsp3) is 0.727. The molecule has 1 aliphatic rings. The maximum atomic E-state index is 11.9. The summed E-state index contributed by atoms with van der Waals surface area (Å²) in [5.41, 5.74) is 0.283. The minimum absolute atomic E-state index is 0.160. The summed E-state index contributed by atoms with van der Waals surface area (Å²) in [7, 11) is -3.42. The molecule has 0 aliphatic heterocycles. The van der Waals surface area contributed by atoms with Gasteiger partial charge in [-0.15, -0.1) is 0 Å². The van der Waals surface area contributed by atoms with Crippen LogP contribution in [0.25, 0.3) is 0 Å². The number of hydrogen-bond acceptors (Lipinski definition) is 3. The SMILES string of the molecule is CCc1ncc(S(=O)(=O)NCC2CC2(C)C)[nH]1. The maximum Gasteiger partial charge on any atom is 0.257 e. The molecule has 17 heavy (non-hydrogen) atoms. The van der Waals surface area contributed by atoms with Crippen LogP contribution in [0, 0.1) is 11.3 Å². The predicted octanol–water partition coefficient (Wildman–Crippen LogP) is 1.30. The number of aryl methyl sites for hydroxylation is 1. The molecule has 1 fully saturated rings. The highest BCUT2D eigenvalue weighted by atomic mass is 32.2. The van der Waals surface area contributed by atoms with Gasteiger partial charge in [-0.1, -0.05) is 20.8 Å². The number of sulfonamides is 1. The van der Waals surface area contributed by atoms with E-state index in [1.54, 1.807) is 0 Å². The minimum atomic E-state index is -3.42. The average Bonchev–Trinajstić information content (AvgIpc) is 2.68. The second kappa shape index (κ2) is 4.10. The number of rotatable bonds is 5. The quantitative estimate of drug-likeness (QED) is 0.834. The zero-order valence-electron chi connectivity index (χ0n) is 10.4. The van der Waals surface area contributed by atoms with E-state index >= 15 is 0 Å². The van der Waals surface area contributed by atoms with E-state index < -0.39 is 10.0 Å². The fourth-order valence-corrected chi connectivity index (χ4v) is 2.89. The van der Waals surface area contributed by atoms with Crippen molar-refractivity contribution in [2.75, 3.05) is 6.54 Å². The molecular weight excluding hydrogens is 238 g/mol.